The molecule has 1 aromatic heterocycles. The smallest absolute Gasteiger partial charge is 0.166 e. The van der Waals surface area contributed by atoms with Crippen molar-refractivity contribution in [1.82, 2.24) is 20.2 Å². The first kappa shape index (κ1) is 15.5. The Morgan fingerprint density at radius 1 is 1.04 bits per heavy atom. The maximum atomic E-state index is 13.4. The number of nitrogens with zero attached hydrogens (tertiary/aromatic N) is 4. The molecule has 0 saturated carbocycles. The molecular formula is C16H15FN4OS. The largest absolute Gasteiger partial charge is 0.490 e. The first-order chi connectivity index (χ1) is 11.3. The maximum absolute atomic E-state index is 13.4. The van der Waals surface area contributed by atoms with E-state index < -0.39 is 0 Å². The van der Waals surface area contributed by atoms with Crippen molar-refractivity contribution < 1.29 is 9.13 Å². The van der Waals surface area contributed by atoms with E-state index in [4.69, 9.17) is 4.74 Å². The zero-order chi connectivity index (χ0) is 15.9. The number of rotatable bonds is 7. The molecule has 3 rings (SSSR count). The molecule has 3 aromatic rings. The van der Waals surface area contributed by atoms with Crippen molar-refractivity contribution in [2.75, 3.05) is 12.4 Å². The highest BCUT2D eigenvalue weighted by Gasteiger charge is 2.08. The van der Waals surface area contributed by atoms with Gasteiger partial charge in [-0.1, -0.05) is 30.3 Å². The summed E-state index contributed by atoms with van der Waals surface area (Å²) in [6.07, 6.45) is 0. The maximum Gasteiger partial charge on any atom is 0.166 e. The molecule has 0 aliphatic carbocycles. The molecule has 1 heterocycles. The lowest BCUT2D eigenvalue weighted by Crippen LogP contribution is -2.04. The molecule has 0 unspecified atom stereocenters. The molecule has 23 heavy (non-hydrogen) atoms. The summed E-state index contributed by atoms with van der Waals surface area (Å²) in [6.45, 7) is 0.429. The summed E-state index contributed by atoms with van der Waals surface area (Å²) in [5, 5.41) is 11.8. The monoisotopic (exact) mass is 330 g/mol. The molecule has 0 fully saturated rings. The van der Waals surface area contributed by atoms with E-state index >= 15 is 0 Å². The Balaban J connectivity index is 1.49. The Kier molecular flexibility index (Phi) is 5.21. The van der Waals surface area contributed by atoms with Crippen LogP contribution in [0.4, 0.5) is 4.39 Å². The molecule has 0 spiro atoms. The predicted octanol–water partition coefficient (Wildman–Crippen LogP) is 3.11. The number of hydrogen-bond acceptors (Lipinski definition) is 5. The summed E-state index contributed by atoms with van der Waals surface area (Å²) in [4.78, 5) is 0. The normalized spacial score (nSPS) is 10.7. The van der Waals surface area contributed by atoms with Crippen molar-refractivity contribution in [2.45, 2.75) is 5.75 Å². The van der Waals surface area contributed by atoms with Crippen LogP contribution in [0.25, 0.3) is 5.69 Å². The van der Waals surface area contributed by atoms with Gasteiger partial charge in [-0.05, 0) is 34.7 Å². The SMILES string of the molecule is Fc1ccccc1OCCSCc1nnnn1-c1ccccc1. The number of aromatic nitrogens is 4. The Labute approximate surface area is 137 Å². The molecule has 0 atom stereocenters. The molecule has 118 valence electrons. The van der Waals surface area contributed by atoms with Gasteiger partial charge in [0.25, 0.3) is 0 Å². The second-order valence-electron chi connectivity index (χ2n) is 4.67. The van der Waals surface area contributed by atoms with E-state index in [0.717, 1.165) is 17.3 Å². The number of halogens is 1. The molecule has 7 heteroatoms. The van der Waals surface area contributed by atoms with E-state index in [-0.39, 0.29) is 11.6 Å². The highest BCUT2D eigenvalue weighted by atomic mass is 32.2. The van der Waals surface area contributed by atoms with Crippen molar-refractivity contribution in [3.8, 4) is 11.4 Å². The number of tetrazole rings is 1. The van der Waals surface area contributed by atoms with Crippen LogP contribution in [-0.4, -0.2) is 32.6 Å². The fourth-order valence-corrected chi connectivity index (χ4v) is 2.71. The van der Waals surface area contributed by atoms with Gasteiger partial charge in [0.2, 0.25) is 0 Å². The van der Waals surface area contributed by atoms with E-state index in [0.29, 0.717) is 12.4 Å². The predicted molar refractivity (Wildman–Crippen MR) is 87.2 cm³/mol. The van der Waals surface area contributed by atoms with Crippen molar-refractivity contribution in [3.63, 3.8) is 0 Å². The molecule has 0 bridgehead atoms. The zero-order valence-corrected chi connectivity index (χ0v) is 13.1. The van der Waals surface area contributed by atoms with Gasteiger partial charge in [-0.25, -0.2) is 4.39 Å². The summed E-state index contributed by atoms with van der Waals surface area (Å²) in [7, 11) is 0. The molecule has 0 amide bonds. The van der Waals surface area contributed by atoms with Gasteiger partial charge in [-0.15, -0.1) is 5.10 Å². The minimum absolute atomic E-state index is 0.280. The van der Waals surface area contributed by atoms with Crippen LogP contribution in [0.3, 0.4) is 0 Å². The van der Waals surface area contributed by atoms with E-state index in [1.165, 1.54) is 6.07 Å². The van der Waals surface area contributed by atoms with Gasteiger partial charge in [0.1, 0.15) is 0 Å². The minimum Gasteiger partial charge on any atom is -0.490 e. The third-order valence-electron chi connectivity index (χ3n) is 3.09. The van der Waals surface area contributed by atoms with Crippen LogP contribution in [-0.2, 0) is 5.75 Å². The highest BCUT2D eigenvalue weighted by Crippen LogP contribution is 2.17. The van der Waals surface area contributed by atoms with Crippen LogP contribution in [0.15, 0.2) is 54.6 Å². The number of thioether (sulfide) groups is 1. The van der Waals surface area contributed by atoms with Crippen LogP contribution in [0, 0.1) is 5.82 Å². The third-order valence-corrected chi connectivity index (χ3v) is 4.01. The second kappa shape index (κ2) is 7.73. The Morgan fingerprint density at radius 3 is 2.65 bits per heavy atom. The van der Waals surface area contributed by atoms with Crippen LogP contribution < -0.4 is 4.74 Å². The molecule has 0 aliphatic heterocycles. The Morgan fingerprint density at radius 2 is 1.83 bits per heavy atom. The van der Waals surface area contributed by atoms with Gasteiger partial charge in [-0.2, -0.15) is 16.4 Å². The molecule has 0 N–H and O–H groups in total. The number of benzene rings is 2. The lowest BCUT2D eigenvalue weighted by molar-refractivity contribution is 0.325. The molecular weight excluding hydrogens is 315 g/mol. The summed E-state index contributed by atoms with van der Waals surface area (Å²) in [5.41, 5.74) is 0.927. The van der Waals surface area contributed by atoms with Gasteiger partial charge in [0.15, 0.2) is 17.4 Å². The van der Waals surface area contributed by atoms with Gasteiger partial charge >= 0.3 is 0 Å². The molecule has 0 saturated heterocycles. The van der Waals surface area contributed by atoms with Crippen molar-refractivity contribution in [2.24, 2.45) is 0 Å². The van der Waals surface area contributed by atoms with E-state index in [1.807, 2.05) is 30.3 Å². The third kappa shape index (κ3) is 4.07. The number of para-hydroxylation sites is 2. The molecule has 0 aliphatic rings. The van der Waals surface area contributed by atoms with Gasteiger partial charge in [0.05, 0.1) is 18.0 Å². The first-order valence-corrected chi connectivity index (χ1v) is 8.28. The summed E-state index contributed by atoms with van der Waals surface area (Å²) in [6, 6.07) is 16.1. The standard InChI is InChI=1S/C16H15FN4OS/c17-14-8-4-5-9-15(14)22-10-11-23-12-16-18-19-20-21(16)13-6-2-1-3-7-13/h1-9H,10-12H2. The van der Waals surface area contributed by atoms with E-state index in [1.54, 1.807) is 34.6 Å². The van der Waals surface area contributed by atoms with Crippen molar-refractivity contribution in [3.05, 3.63) is 66.2 Å². The zero-order valence-electron chi connectivity index (χ0n) is 12.3. The van der Waals surface area contributed by atoms with Crippen molar-refractivity contribution in [1.29, 1.82) is 0 Å². The lowest BCUT2D eigenvalue weighted by Gasteiger charge is -2.07. The minimum atomic E-state index is -0.342. The molecule has 5 nitrogen and oxygen atoms in total. The van der Waals surface area contributed by atoms with Crippen LogP contribution in [0.5, 0.6) is 5.75 Å². The van der Waals surface area contributed by atoms with E-state index in [2.05, 4.69) is 15.5 Å². The van der Waals surface area contributed by atoms with E-state index in [9.17, 15) is 4.39 Å². The number of hydrogen-bond donors (Lipinski definition) is 0. The van der Waals surface area contributed by atoms with Crippen LogP contribution in [0.1, 0.15) is 5.82 Å². The lowest BCUT2D eigenvalue weighted by atomic mass is 10.3. The molecule has 2 aromatic carbocycles. The fourth-order valence-electron chi connectivity index (χ4n) is 2.00. The van der Waals surface area contributed by atoms with Crippen LogP contribution in [0.2, 0.25) is 0 Å². The average Bonchev–Trinajstić information content (AvgIpc) is 3.05. The summed E-state index contributed by atoms with van der Waals surface area (Å²) >= 11 is 1.63. The Bertz CT molecular complexity index is 751. The van der Waals surface area contributed by atoms with Gasteiger partial charge < -0.3 is 4.74 Å². The van der Waals surface area contributed by atoms with Gasteiger partial charge in [0, 0.05) is 5.75 Å². The quantitative estimate of drug-likeness (QED) is 0.623. The summed E-state index contributed by atoms with van der Waals surface area (Å²) in [5.74, 6) is 2.08. The Hall–Kier alpha value is -2.41. The van der Waals surface area contributed by atoms with Crippen LogP contribution >= 0.6 is 11.8 Å². The second-order valence-corrected chi connectivity index (χ2v) is 5.78. The van der Waals surface area contributed by atoms with Crippen molar-refractivity contribution >= 4 is 11.8 Å². The fraction of sp³-hybridized carbons (Fsp3) is 0.188. The first-order valence-electron chi connectivity index (χ1n) is 7.12. The summed E-state index contributed by atoms with van der Waals surface area (Å²) < 4.78 is 20.5. The molecule has 0 radical (unpaired) electrons. The topological polar surface area (TPSA) is 52.8 Å². The van der Waals surface area contributed by atoms with Gasteiger partial charge in [-0.3, -0.25) is 0 Å². The average molecular weight is 330 g/mol. The highest BCUT2D eigenvalue weighted by molar-refractivity contribution is 7.98. The number of ether oxygens (including phenoxy) is 1.